The summed E-state index contributed by atoms with van der Waals surface area (Å²) in [5.41, 5.74) is 1.54. The number of aryl methyl sites for hydroxylation is 1. The van der Waals surface area contributed by atoms with Gasteiger partial charge in [0.1, 0.15) is 9.88 Å². The molecule has 1 aliphatic rings. The Hall–Kier alpha value is -1.71. The van der Waals surface area contributed by atoms with Crippen LogP contribution in [0.2, 0.25) is 10.0 Å². The molecule has 1 aromatic carbocycles. The zero-order valence-corrected chi connectivity index (χ0v) is 20.4. The van der Waals surface area contributed by atoms with Crippen LogP contribution in [0.3, 0.4) is 0 Å². The van der Waals surface area contributed by atoms with Gasteiger partial charge in [-0.15, -0.1) is 22.7 Å². The molecule has 2 N–H and O–H groups in total. The first kappa shape index (κ1) is 22.5. The average Bonchev–Trinajstić information content (AvgIpc) is 3.25. The molecule has 0 unspecified atom stereocenters. The first-order valence-corrected chi connectivity index (χ1v) is 12.5. The summed E-state index contributed by atoms with van der Waals surface area (Å²) in [6, 6.07) is 5.28. The SMILES string of the molecule is CCOC(=O)c1c(NC(=S)NC(=O)c2sc3cc(Cl)ccc3c2Cl)sc2c1CCCC2. The van der Waals surface area contributed by atoms with Crippen molar-refractivity contribution in [3.05, 3.63) is 49.1 Å². The third-order valence-corrected chi connectivity index (χ3v) is 8.21. The van der Waals surface area contributed by atoms with Gasteiger partial charge in [-0.25, -0.2) is 4.79 Å². The Morgan fingerprint density at radius 1 is 1.19 bits per heavy atom. The van der Waals surface area contributed by atoms with Crippen molar-refractivity contribution in [2.24, 2.45) is 0 Å². The number of rotatable bonds is 4. The molecule has 162 valence electrons. The van der Waals surface area contributed by atoms with Gasteiger partial charge in [0, 0.05) is 20.0 Å². The maximum atomic E-state index is 12.8. The van der Waals surface area contributed by atoms with Crippen LogP contribution in [0.1, 0.15) is 50.2 Å². The average molecular weight is 513 g/mol. The Morgan fingerprint density at radius 3 is 2.74 bits per heavy atom. The van der Waals surface area contributed by atoms with E-state index in [4.69, 9.17) is 40.2 Å². The molecular formula is C21H18Cl2N2O3S3. The lowest BCUT2D eigenvalue weighted by Crippen LogP contribution is -2.34. The third-order valence-electron chi connectivity index (χ3n) is 4.90. The van der Waals surface area contributed by atoms with E-state index in [0.29, 0.717) is 32.1 Å². The number of nitrogens with one attached hydrogen (secondary N) is 2. The molecule has 0 radical (unpaired) electrons. The Bertz CT molecular complexity index is 1200. The zero-order valence-electron chi connectivity index (χ0n) is 16.5. The maximum Gasteiger partial charge on any atom is 0.341 e. The molecule has 1 amide bonds. The second kappa shape index (κ2) is 9.42. The van der Waals surface area contributed by atoms with Crippen LogP contribution in [0.15, 0.2) is 18.2 Å². The second-order valence-corrected chi connectivity index (χ2v) is 10.3. The monoisotopic (exact) mass is 512 g/mol. The number of carbonyl (C=O) groups excluding carboxylic acids is 2. The molecule has 2 heterocycles. The number of thiophene rings is 2. The molecule has 3 aromatic rings. The topological polar surface area (TPSA) is 67.4 Å². The van der Waals surface area contributed by atoms with Gasteiger partial charge in [-0.2, -0.15) is 0 Å². The van der Waals surface area contributed by atoms with E-state index < -0.39 is 5.91 Å². The lowest BCUT2D eigenvalue weighted by atomic mass is 9.95. The van der Waals surface area contributed by atoms with Gasteiger partial charge < -0.3 is 10.1 Å². The van der Waals surface area contributed by atoms with E-state index >= 15 is 0 Å². The lowest BCUT2D eigenvalue weighted by molar-refractivity contribution is 0.0526. The van der Waals surface area contributed by atoms with Crippen LogP contribution in [0.4, 0.5) is 5.00 Å². The predicted octanol–water partition coefficient (Wildman–Crippen LogP) is 6.45. The van der Waals surface area contributed by atoms with E-state index in [1.54, 1.807) is 25.1 Å². The summed E-state index contributed by atoms with van der Waals surface area (Å²) in [6.45, 7) is 2.06. The Morgan fingerprint density at radius 2 is 1.97 bits per heavy atom. The van der Waals surface area contributed by atoms with Gasteiger partial charge >= 0.3 is 5.97 Å². The third kappa shape index (κ3) is 4.59. The lowest BCUT2D eigenvalue weighted by Gasteiger charge is -2.13. The largest absolute Gasteiger partial charge is 0.462 e. The van der Waals surface area contributed by atoms with Crippen molar-refractivity contribution in [2.75, 3.05) is 11.9 Å². The van der Waals surface area contributed by atoms with Gasteiger partial charge in [0.05, 0.1) is 17.2 Å². The number of hydrogen-bond acceptors (Lipinski definition) is 6. The minimum atomic E-state index is -0.418. The van der Waals surface area contributed by atoms with Gasteiger partial charge in [0.25, 0.3) is 5.91 Å². The Labute approximate surface area is 202 Å². The maximum absolute atomic E-state index is 12.8. The zero-order chi connectivity index (χ0) is 22.1. The van der Waals surface area contributed by atoms with Crippen LogP contribution in [0.5, 0.6) is 0 Å². The number of anilines is 1. The number of fused-ring (bicyclic) bond motifs is 2. The Balaban J connectivity index is 1.55. The fourth-order valence-electron chi connectivity index (χ4n) is 3.55. The van der Waals surface area contributed by atoms with Crippen LogP contribution < -0.4 is 10.6 Å². The number of thiocarbonyl (C=S) groups is 1. The van der Waals surface area contributed by atoms with E-state index in [9.17, 15) is 9.59 Å². The van der Waals surface area contributed by atoms with E-state index in [1.165, 1.54) is 22.7 Å². The summed E-state index contributed by atoms with van der Waals surface area (Å²) in [5, 5.41) is 8.08. The number of esters is 1. The molecule has 10 heteroatoms. The molecule has 0 saturated heterocycles. The van der Waals surface area contributed by atoms with Gasteiger partial charge in [-0.3, -0.25) is 10.1 Å². The molecule has 4 rings (SSSR count). The van der Waals surface area contributed by atoms with Gasteiger partial charge in [0.2, 0.25) is 0 Å². The second-order valence-electron chi connectivity index (χ2n) is 6.93. The van der Waals surface area contributed by atoms with Crippen molar-refractivity contribution in [1.29, 1.82) is 0 Å². The minimum Gasteiger partial charge on any atom is -0.462 e. The molecule has 0 saturated carbocycles. The molecule has 1 aliphatic carbocycles. The highest BCUT2D eigenvalue weighted by atomic mass is 35.5. The van der Waals surface area contributed by atoms with E-state index in [-0.39, 0.29) is 11.1 Å². The normalized spacial score (nSPS) is 13.0. The number of carbonyl (C=O) groups is 2. The molecule has 0 fully saturated rings. The molecule has 2 aromatic heterocycles. The molecule has 0 bridgehead atoms. The highest BCUT2D eigenvalue weighted by molar-refractivity contribution is 7.80. The highest BCUT2D eigenvalue weighted by Crippen LogP contribution is 2.39. The fourth-order valence-corrected chi connectivity index (χ4v) is 6.78. The summed E-state index contributed by atoms with van der Waals surface area (Å²) in [6.07, 6.45) is 3.88. The van der Waals surface area contributed by atoms with E-state index in [1.807, 2.05) is 0 Å². The van der Waals surface area contributed by atoms with Gasteiger partial charge in [-0.05, 0) is 62.5 Å². The van der Waals surface area contributed by atoms with Crippen LogP contribution in [-0.4, -0.2) is 23.6 Å². The highest BCUT2D eigenvalue weighted by Gasteiger charge is 2.27. The summed E-state index contributed by atoms with van der Waals surface area (Å²) in [5.74, 6) is -0.790. The Kier molecular flexibility index (Phi) is 6.83. The molecule has 0 spiro atoms. The predicted molar refractivity (Wildman–Crippen MR) is 132 cm³/mol. The molecule has 31 heavy (non-hydrogen) atoms. The summed E-state index contributed by atoms with van der Waals surface area (Å²) < 4.78 is 6.07. The summed E-state index contributed by atoms with van der Waals surface area (Å²) in [4.78, 5) is 26.9. The van der Waals surface area contributed by atoms with Crippen molar-refractivity contribution in [3.63, 3.8) is 0 Å². The molecular weight excluding hydrogens is 495 g/mol. The van der Waals surface area contributed by atoms with Crippen LogP contribution >= 0.6 is 58.1 Å². The van der Waals surface area contributed by atoms with Crippen LogP contribution in [-0.2, 0) is 17.6 Å². The van der Waals surface area contributed by atoms with E-state index in [2.05, 4.69) is 10.6 Å². The fraction of sp³-hybridized carbons (Fsp3) is 0.286. The van der Waals surface area contributed by atoms with E-state index in [0.717, 1.165) is 46.2 Å². The minimum absolute atomic E-state index is 0.0979. The number of halogens is 2. The standard InChI is InChI=1S/C21H18Cl2N2O3S3/c1-2-28-20(27)15-11-5-3-4-6-13(11)31-19(15)25-21(29)24-18(26)17-16(23)12-8-7-10(22)9-14(12)30-17/h7-9H,2-6H2,1H3,(H2,24,25,26,29). The van der Waals surface area contributed by atoms with Crippen molar-refractivity contribution < 1.29 is 14.3 Å². The van der Waals surface area contributed by atoms with Crippen molar-refractivity contribution >= 4 is 90.2 Å². The summed E-state index contributed by atoms with van der Waals surface area (Å²) >= 11 is 20.5. The first-order chi connectivity index (χ1) is 14.9. The van der Waals surface area contributed by atoms with Gasteiger partial charge in [-0.1, -0.05) is 29.3 Å². The van der Waals surface area contributed by atoms with Crippen LogP contribution in [0, 0.1) is 0 Å². The summed E-state index contributed by atoms with van der Waals surface area (Å²) in [7, 11) is 0. The number of ether oxygens (including phenoxy) is 1. The van der Waals surface area contributed by atoms with Crippen molar-refractivity contribution in [1.82, 2.24) is 5.32 Å². The number of amides is 1. The first-order valence-electron chi connectivity index (χ1n) is 9.70. The number of benzene rings is 1. The van der Waals surface area contributed by atoms with Crippen LogP contribution in [0.25, 0.3) is 10.1 Å². The molecule has 5 nitrogen and oxygen atoms in total. The van der Waals surface area contributed by atoms with Crippen molar-refractivity contribution in [3.8, 4) is 0 Å². The quantitative estimate of drug-likeness (QED) is 0.310. The molecule has 0 atom stereocenters. The van der Waals surface area contributed by atoms with Crippen molar-refractivity contribution in [2.45, 2.75) is 32.6 Å². The smallest absolute Gasteiger partial charge is 0.341 e. The van der Waals surface area contributed by atoms with Gasteiger partial charge in [0.15, 0.2) is 5.11 Å². The number of hydrogen-bond donors (Lipinski definition) is 2. The molecule has 0 aliphatic heterocycles.